The molecule has 9 nitrogen and oxygen atoms in total. The Morgan fingerprint density at radius 2 is 1.89 bits per heavy atom. The predicted molar refractivity (Wildman–Crippen MR) is 104 cm³/mol. The van der Waals surface area contributed by atoms with E-state index in [1.807, 2.05) is 39.0 Å². The molecule has 0 bridgehead atoms. The Kier molecular flexibility index (Phi) is 4.26. The monoisotopic (exact) mass is 377 g/mol. The van der Waals surface area contributed by atoms with E-state index in [1.54, 1.807) is 16.8 Å². The number of amides is 1. The Morgan fingerprint density at radius 3 is 2.57 bits per heavy atom. The van der Waals surface area contributed by atoms with Crippen LogP contribution in [0.4, 0.5) is 5.69 Å². The molecular formula is C19H19N7O2. The lowest BCUT2D eigenvalue weighted by Gasteiger charge is -2.12. The van der Waals surface area contributed by atoms with Gasteiger partial charge in [0, 0.05) is 5.56 Å². The van der Waals surface area contributed by atoms with Crippen LogP contribution in [-0.4, -0.2) is 36.1 Å². The van der Waals surface area contributed by atoms with Crippen LogP contribution in [0.1, 0.15) is 32.9 Å². The zero-order valence-corrected chi connectivity index (χ0v) is 15.7. The fraction of sp³-hybridized carbons (Fsp3) is 0.211. The first-order valence-corrected chi connectivity index (χ1v) is 8.77. The lowest BCUT2D eigenvalue weighted by atomic mass is 10.1. The minimum absolute atomic E-state index is 0.248. The van der Waals surface area contributed by atoms with Gasteiger partial charge in [0.15, 0.2) is 0 Å². The average Bonchev–Trinajstić information content (AvgIpc) is 3.24. The highest BCUT2D eigenvalue weighted by atomic mass is 16.2. The number of nitrogens with one attached hydrogen (secondary N) is 3. The van der Waals surface area contributed by atoms with Gasteiger partial charge in [0.2, 0.25) is 0 Å². The van der Waals surface area contributed by atoms with E-state index in [-0.39, 0.29) is 11.6 Å². The second-order valence-corrected chi connectivity index (χ2v) is 6.73. The third kappa shape index (κ3) is 3.18. The molecule has 2 aromatic carbocycles. The quantitative estimate of drug-likeness (QED) is 0.503. The van der Waals surface area contributed by atoms with Crippen LogP contribution < -0.4 is 11.0 Å². The number of rotatable bonds is 4. The summed E-state index contributed by atoms with van der Waals surface area (Å²) in [5, 5.41) is 14.3. The summed E-state index contributed by atoms with van der Waals surface area (Å²) in [6, 6.07) is 9.13. The highest BCUT2D eigenvalue weighted by molar-refractivity contribution is 6.09. The number of tetrazole rings is 1. The first-order valence-electron chi connectivity index (χ1n) is 8.77. The summed E-state index contributed by atoms with van der Waals surface area (Å²) in [4.78, 5) is 29.9. The Bertz CT molecular complexity index is 1230. The molecular weight excluding hydrogens is 358 g/mol. The number of hydrogen-bond donors (Lipinski definition) is 3. The molecule has 0 fully saturated rings. The molecule has 0 saturated carbocycles. The average molecular weight is 377 g/mol. The van der Waals surface area contributed by atoms with Crippen LogP contribution >= 0.6 is 0 Å². The van der Waals surface area contributed by atoms with Crippen LogP contribution in [-0.2, 0) is 6.54 Å². The van der Waals surface area contributed by atoms with Crippen LogP contribution in [0.3, 0.4) is 0 Å². The van der Waals surface area contributed by atoms with E-state index in [4.69, 9.17) is 0 Å². The van der Waals surface area contributed by atoms with Crippen molar-refractivity contribution in [3.8, 4) is 0 Å². The molecule has 3 N–H and O–H groups in total. The maximum Gasteiger partial charge on any atom is 0.323 e. The van der Waals surface area contributed by atoms with Crippen molar-refractivity contribution in [2.24, 2.45) is 0 Å². The standard InChI is InChI=1S/C19H19N7O2/c1-10-8-15-17(22-19(28)20-15)16(11(10)2)21-18(27)14-6-4-13(5-7-14)9-26-12(3)23-24-25-26/h4-8H,9H2,1-3H3,(H,21,27)(H2,20,22,28). The van der Waals surface area contributed by atoms with Gasteiger partial charge in [-0.1, -0.05) is 12.1 Å². The molecule has 4 aromatic rings. The van der Waals surface area contributed by atoms with Crippen molar-refractivity contribution in [2.75, 3.05) is 5.32 Å². The van der Waals surface area contributed by atoms with Gasteiger partial charge in [-0.15, -0.1) is 5.10 Å². The number of fused-ring (bicyclic) bond motifs is 1. The molecule has 2 aromatic heterocycles. The van der Waals surface area contributed by atoms with Crippen LogP contribution in [0, 0.1) is 20.8 Å². The maximum absolute atomic E-state index is 12.8. The number of carbonyl (C=O) groups excluding carboxylic acids is 1. The van der Waals surface area contributed by atoms with E-state index in [2.05, 4.69) is 30.8 Å². The summed E-state index contributed by atoms with van der Waals surface area (Å²) in [5.74, 6) is 0.475. The molecule has 0 aliphatic rings. The van der Waals surface area contributed by atoms with Crippen molar-refractivity contribution >= 4 is 22.6 Å². The van der Waals surface area contributed by atoms with Crippen LogP contribution in [0.2, 0.25) is 0 Å². The zero-order chi connectivity index (χ0) is 19.8. The highest BCUT2D eigenvalue weighted by Crippen LogP contribution is 2.27. The number of H-pyrrole nitrogens is 2. The zero-order valence-electron chi connectivity index (χ0n) is 15.7. The van der Waals surface area contributed by atoms with Gasteiger partial charge in [0.25, 0.3) is 5.91 Å². The number of imidazole rings is 1. The molecule has 1 amide bonds. The first-order chi connectivity index (χ1) is 13.4. The molecule has 0 aliphatic heterocycles. The SMILES string of the molecule is Cc1cc2[nH]c(=O)[nH]c2c(NC(=O)c2ccc(Cn3nnnc3C)cc2)c1C. The first kappa shape index (κ1) is 17.7. The fourth-order valence-electron chi connectivity index (χ4n) is 3.08. The molecule has 4 rings (SSSR count). The van der Waals surface area contributed by atoms with Gasteiger partial charge in [-0.25, -0.2) is 9.48 Å². The summed E-state index contributed by atoms with van der Waals surface area (Å²) >= 11 is 0. The lowest BCUT2D eigenvalue weighted by molar-refractivity contribution is 0.102. The summed E-state index contributed by atoms with van der Waals surface area (Å²) in [6.45, 7) is 6.21. The summed E-state index contributed by atoms with van der Waals surface area (Å²) in [7, 11) is 0. The van der Waals surface area contributed by atoms with Crippen LogP contribution in [0.25, 0.3) is 11.0 Å². The van der Waals surface area contributed by atoms with E-state index in [1.165, 1.54) is 0 Å². The van der Waals surface area contributed by atoms with Gasteiger partial charge in [0.05, 0.1) is 23.3 Å². The maximum atomic E-state index is 12.8. The van der Waals surface area contributed by atoms with Gasteiger partial charge in [-0.3, -0.25) is 4.79 Å². The number of carbonyl (C=O) groups is 1. The minimum atomic E-state index is -0.308. The number of hydrogen-bond acceptors (Lipinski definition) is 5. The third-order valence-electron chi connectivity index (χ3n) is 4.83. The van der Waals surface area contributed by atoms with E-state index >= 15 is 0 Å². The second-order valence-electron chi connectivity index (χ2n) is 6.73. The van der Waals surface area contributed by atoms with E-state index < -0.39 is 0 Å². The molecule has 0 radical (unpaired) electrons. The summed E-state index contributed by atoms with van der Waals surface area (Å²) in [5.41, 5.74) is 4.93. The summed E-state index contributed by atoms with van der Waals surface area (Å²) < 4.78 is 1.68. The van der Waals surface area contributed by atoms with Gasteiger partial charge in [-0.05, 0) is 66.1 Å². The molecule has 0 atom stereocenters. The normalized spacial score (nSPS) is 11.1. The van der Waals surface area contributed by atoms with Gasteiger partial charge >= 0.3 is 5.69 Å². The topological polar surface area (TPSA) is 121 Å². The Hall–Kier alpha value is -3.75. The van der Waals surface area contributed by atoms with E-state index in [9.17, 15) is 9.59 Å². The lowest BCUT2D eigenvalue weighted by Crippen LogP contribution is -2.14. The van der Waals surface area contributed by atoms with Gasteiger partial charge in [-0.2, -0.15) is 0 Å². The molecule has 9 heteroatoms. The van der Waals surface area contributed by atoms with Crippen molar-refractivity contribution in [3.63, 3.8) is 0 Å². The van der Waals surface area contributed by atoms with E-state index in [0.717, 1.165) is 22.5 Å². The number of nitrogens with zero attached hydrogens (tertiary/aromatic N) is 4. The summed E-state index contributed by atoms with van der Waals surface area (Å²) in [6.07, 6.45) is 0. The molecule has 0 unspecified atom stereocenters. The second kappa shape index (κ2) is 6.76. The van der Waals surface area contributed by atoms with Crippen molar-refractivity contribution < 1.29 is 4.79 Å². The highest BCUT2D eigenvalue weighted by Gasteiger charge is 2.15. The molecule has 0 saturated heterocycles. The Morgan fingerprint density at radius 1 is 1.14 bits per heavy atom. The van der Waals surface area contributed by atoms with Crippen LogP contribution in [0.15, 0.2) is 35.1 Å². The largest absolute Gasteiger partial charge is 0.323 e. The Labute approximate surface area is 159 Å². The third-order valence-corrected chi connectivity index (χ3v) is 4.83. The Balaban J connectivity index is 1.59. The van der Waals surface area contributed by atoms with Gasteiger partial charge < -0.3 is 15.3 Å². The number of aromatic amines is 2. The van der Waals surface area contributed by atoms with Crippen molar-refractivity contribution in [1.29, 1.82) is 0 Å². The number of anilines is 1. The van der Waals surface area contributed by atoms with Crippen molar-refractivity contribution in [1.82, 2.24) is 30.2 Å². The van der Waals surface area contributed by atoms with E-state index in [0.29, 0.717) is 28.8 Å². The minimum Gasteiger partial charge on any atom is -0.320 e. The smallest absolute Gasteiger partial charge is 0.320 e. The molecule has 0 spiro atoms. The number of benzene rings is 2. The molecule has 28 heavy (non-hydrogen) atoms. The predicted octanol–water partition coefficient (Wildman–Crippen LogP) is 2.07. The van der Waals surface area contributed by atoms with Crippen LogP contribution in [0.5, 0.6) is 0 Å². The van der Waals surface area contributed by atoms with Crippen molar-refractivity contribution in [2.45, 2.75) is 27.3 Å². The van der Waals surface area contributed by atoms with Crippen molar-refractivity contribution in [3.05, 3.63) is 68.9 Å². The molecule has 142 valence electrons. The number of aromatic nitrogens is 6. The molecule has 0 aliphatic carbocycles. The molecule has 2 heterocycles. The van der Waals surface area contributed by atoms with Gasteiger partial charge in [0.1, 0.15) is 5.82 Å². The fourth-order valence-corrected chi connectivity index (χ4v) is 3.08. The number of aryl methyl sites for hydroxylation is 2.